The Balaban J connectivity index is 2.31. The molecule has 0 fully saturated rings. The topological polar surface area (TPSA) is 79.3 Å². The van der Waals surface area contributed by atoms with E-state index < -0.39 is 4.92 Å². The van der Waals surface area contributed by atoms with Crippen molar-refractivity contribution in [1.29, 1.82) is 5.26 Å². The van der Waals surface area contributed by atoms with Crippen LogP contribution in [0.15, 0.2) is 53.5 Å². The molecular formula is C14H9N3O2. The molecule has 5 nitrogen and oxygen atoms in total. The number of hydrogen-bond acceptors (Lipinski definition) is 4. The Hall–Kier alpha value is -3.00. The summed E-state index contributed by atoms with van der Waals surface area (Å²) in [5.41, 5.74) is 1.63. The molecule has 2 aromatic carbocycles. The molecule has 0 radical (unpaired) electrons. The molecule has 0 aliphatic heterocycles. The Kier molecular flexibility index (Phi) is 3.64. The van der Waals surface area contributed by atoms with Gasteiger partial charge in [0.1, 0.15) is 6.07 Å². The number of nitro benzene ring substituents is 1. The predicted molar refractivity (Wildman–Crippen MR) is 71.5 cm³/mol. The van der Waals surface area contributed by atoms with Gasteiger partial charge in [0.05, 0.1) is 16.2 Å². The third-order valence-electron chi connectivity index (χ3n) is 2.46. The molecule has 0 saturated heterocycles. The summed E-state index contributed by atoms with van der Waals surface area (Å²) in [7, 11) is 0. The van der Waals surface area contributed by atoms with E-state index in [-0.39, 0.29) is 5.69 Å². The van der Waals surface area contributed by atoms with E-state index in [4.69, 9.17) is 5.26 Å². The lowest BCUT2D eigenvalue weighted by Gasteiger charge is -1.97. The maximum atomic E-state index is 10.6. The van der Waals surface area contributed by atoms with Gasteiger partial charge >= 0.3 is 0 Å². The number of para-hydroxylation sites is 1. The Morgan fingerprint density at radius 3 is 2.74 bits per heavy atom. The standard InChI is InChI=1S/C14H9N3O2/c15-9-12-5-1-2-7-14(12)16-10-11-4-3-6-13(8-11)17(18)19/h1-8,10H. The largest absolute Gasteiger partial charge is 0.270 e. The van der Waals surface area contributed by atoms with E-state index in [0.717, 1.165) is 0 Å². The van der Waals surface area contributed by atoms with Gasteiger partial charge in [-0.05, 0) is 17.7 Å². The second-order valence-electron chi connectivity index (χ2n) is 3.74. The van der Waals surface area contributed by atoms with Gasteiger partial charge in [0, 0.05) is 18.3 Å². The van der Waals surface area contributed by atoms with Gasteiger partial charge in [-0.1, -0.05) is 24.3 Å². The summed E-state index contributed by atoms with van der Waals surface area (Å²) in [6.07, 6.45) is 1.50. The third kappa shape index (κ3) is 3.01. The highest BCUT2D eigenvalue weighted by atomic mass is 16.6. The Morgan fingerprint density at radius 1 is 1.21 bits per heavy atom. The number of rotatable bonds is 3. The molecule has 0 bridgehead atoms. The van der Waals surface area contributed by atoms with E-state index >= 15 is 0 Å². The van der Waals surface area contributed by atoms with E-state index in [1.165, 1.54) is 18.3 Å². The summed E-state index contributed by atoms with van der Waals surface area (Å²) in [5, 5.41) is 19.6. The van der Waals surface area contributed by atoms with Crippen LogP contribution in [0.5, 0.6) is 0 Å². The lowest BCUT2D eigenvalue weighted by atomic mass is 10.2. The maximum Gasteiger partial charge on any atom is 0.270 e. The van der Waals surface area contributed by atoms with Crippen molar-refractivity contribution in [2.75, 3.05) is 0 Å². The molecule has 2 rings (SSSR count). The fourth-order valence-electron chi connectivity index (χ4n) is 1.54. The lowest BCUT2D eigenvalue weighted by Crippen LogP contribution is -1.89. The number of hydrogen-bond donors (Lipinski definition) is 0. The van der Waals surface area contributed by atoms with Crippen molar-refractivity contribution in [3.05, 3.63) is 69.8 Å². The van der Waals surface area contributed by atoms with E-state index in [1.807, 2.05) is 6.07 Å². The number of aliphatic imine (C=N–C) groups is 1. The summed E-state index contributed by atoms with van der Waals surface area (Å²) in [6.45, 7) is 0. The average Bonchev–Trinajstić information content (AvgIpc) is 2.45. The molecule has 0 N–H and O–H groups in total. The normalized spacial score (nSPS) is 10.3. The van der Waals surface area contributed by atoms with Crippen LogP contribution in [-0.2, 0) is 0 Å². The zero-order valence-corrected chi connectivity index (χ0v) is 9.85. The minimum absolute atomic E-state index is 0.0116. The molecule has 0 unspecified atom stereocenters. The van der Waals surface area contributed by atoms with Crippen LogP contribution in [0.2, 0.25) is 0 Å². The second-order valence-corrected chi connectivity index (χ2v) is 3.74. The summed E-state index contributed by atoms with van der Waals surface area (Å²) >= 11 is 0. The van der Waals surface area contributed by atoms with Crippen LogP contribution < -0.4 is 0 Å². The first-order valence-electron chi connectivity index (χ1n) is 5.48. The van der Waals surface area contributed by atoms with Crippen LogP contribution in [0.4, 0.5) is 11.4 Å². The van der Waals surface area contributed by atoms with Crippen molar-refractivity contribution < 1.29 is 4.92 Å². The first kappa shape index (κ1) is 12.5. The first-order chi connectivity index (χ1) is 9.20. The summed E-state index contributed by atoms with van der Waals surface area (Å²) < 4.78 is 0. The SMILES string of the molecule is N#Cc1ccccc1N=Cc1cccc([N+](=O)[O-])c1. The fourth-order valence-corrected chi connectivity index (χ4v) is 1.54. The summed E-state index contributed by atoms with van der Waals surface area (Å²) in [6, 6.07) is 15.1. The Bertz CT molecular complexity index is 687. The molecule has 0 amide bonds. The van der Waals surface area contributed by atoms with Crippen molar-refractivity contribution in [3.63, 3.8) is 0 Å². The van der Waals surface area contributed by atoms with Crippen molar-refractivity contribution in [2.24, 2.45) is 4.99 Å². The van der Waals surface area contributed by atoms with Gasteiger partial charge in [0.15, 0.2) is 0 Å². The van der Waals surface area contributed by atoms with Crippen LogP contribution in [-0.4, -0.2) is 11.1 Å². The number of nitro groups is 1. The van der Waals surface area contributed by atoms with Gasteiger partial charge in [-0.15, -0.1) is 0 Å². The highest BCUT2D eigenvalue weighted by molar-refractivity contribution is 5.83. The Morgan fingerprint density at radius 2 is 2.00 bits per heavy atom. The molecule has 0 spiro atoms. The van der Waals surface area contributed by atoms with Gasteiger partial charge in [-0.2, -0.15) is 5.26 Å². The highest BCUT2D eigenvalue weighted by Gasteiger charge is 2.04. The molecule has 0 aliphatic carbocycles. The van der Waals surface area contributed by atoms with Gasteiger partial charge < -0.3 is 0 Å². The van der Waals surface area contributed by atoms with Gasteiger partial charge in [-0.3, -0.25) is 15.1 Å². The lowest BCUT2D eigenvalue weighted by molar-refractivity contribution is -0.384. The van der Waals surface area contributed by atoms with E-state index in [0.29, 0.717) is 16.8 Å². The van der Waals surface area contributed by atoms with Crippen LogP contribution in [0.25, 0.3) is 0 Å². The van der Waals surface area contributed by atoms with Crippen LogP contribution >= 0.6 is 0 Å². The van der Waals surface area contributed by atoms with Crippen LogP contribution in [0, 0.1) is 21.4 Å². The van der Waals surface area contributed by atoms with Crippen molar-refractivity contribution in [2.45, 2.75) is 0 Å². The molecule has 0 aromatic heterocycles. The smallest absolute Gasteiger partial charge is 0.258 e. The van der Waals surface area contributed by atoms with Crippen molar-refractivity contribution in [3.8, 4) is 6.07 Å². The average molecular weight is 251 g/mol. The molecule has 19 heavy (non-hydrogen) atoms. The highest BCUT2D eigenvalue weighted by Crippen LogP contribution is 2.18. The fraction of sp³-hybridized carbons (Fsp3) is 0. The van der Waals surface area contributed by atoms with Crippen LogP contribution in [0.1, 0.15) is 11.1 Å². The number of nitriles is 1. The van der Waals surface area contributed by atoms with Crippen molar-refractivity contribution >= 4 is 17.6 Å². The van der Waals surface area contributed by atoms with Crippen LogP contribution in [0.3, 0.4) is 0 Å². The summed E-state index contributed by atoms with van der Waals surface area (Å²) in [4.78, 5) is 14.4. The zero-order valence-electron chi connectivity index (χ0n) is 9.85. The number of benzene rings is 2. The molecular weight excluding hydrogens is 242 g/mol. The zero-order chi connectivity index (χ0) is 13.7. The first-order valence-corrected chi connectivity index (χ1v) is 5.48. The Labute approximate surface area is 109 Å². The molecule has 0 atom stereocenters. The number of nitrogens with zero attached hydrogens (tertiary/aromatic N) is 3. The van der Waals surface area contributed by atoms with E-state index in [1.54, 1.807) is 36.4 Å². The monoisotopic (exact) mass is 251 g/mol. The third-order valence-corrected chi connectivity index (χ3v) is 2.46. The van der Waals surface area contributed by atoms with E-state index in [9.17, 15) is 10.1 Å². The molecule has 92 valence electrons. The summed E-state index contributed by atoms with van der Waals surface area (Å²) in [5.74, 6) is 0. The molecule has 0 aliphatic rings. The van der Waals surface area contributed by atoms with Gasteiger partial charge in [-0.25, -0.2) is 0 Å². The van der Waals surface area contributed by atoms with Gasteiger partial charge in [0.2, 0.25) is 0 Å². The number of non-ortho nitro benzene ring substituents is 1. The molecule has 5 heteroatoms. The maximum absolute atomic E-state index is 10.6. The second kappa shape index (κ2) is 5.56. The van der Waals surface area contributed by atoms with Crippen molar-refractivity contribution in [1.82, 2.24) is 0 Å². The molecule has 2 aromatic rings. The minimum Gasteiger partial charge on any atom is -0.258 e. The quantitative estimate of drug-likeness (QED) is 0.477. The van der Waals surface area contributed by atoms with Gasteiger partial charge in [0.25, 0.3) is 5.69 Å². The minimum atomic E-state index is -0.458. The molecule has 0 saturated carbocycles. The predicted octanol–water partition coefficient (Wildman–Crippen LogP) is 3.22. The molecule has 0 heterocycles. The van der Waals surface area contributed by atoms with E-state index in [2.05, 4.69) is 4.99 Å².